The lowest BCUT2D eigenvalue weighted by atomic mass is 9.55. The molecule has 2 saturated carbocycles. The molecule has 23 heavy (non-hydrogen) atoms. The lowest BCUT2D eigenvalue weighted by Crippen LogP contribution is -2.42. The van der Waals surface area contributed by atoms with Gasteiger partial charge in [-0.15, -0.1) is 0 Å². The maximum atomic E-state index is 12.3. The number of ether oxygens (including phenoxy) is 1. The van der Waals surface area contributed by atoms with Crippen LogP contribution in [-0.2, 0) is 16.0 Å². The number of Topliss-reactive ketones (excluding diaryl/α,β-unsaturated/α-hetero) is 1. The van der Waals surface area contributed by atoms with Crippen LogP contribution in [0.2, 0.25) is 0 Å². The largest absolute Gasteiger partial charge is 0.427 e. The molecule has 3 aliphatic rings. The molecule has 0 aromatic heterocycles. The summed E-state index contributed by atoms with van der Waals surface area (Å²) in [4.78, 5) is 23.5. The van der Waals surface area contributed by atoms with Crippen molar-refractivity contribution in [3.05, 3.63) is 29.3 Å². The number of carbonyl (C=O) groups is 2. The Labute approximate surface area is 137 Å². The highest BCUT2D eigenvalue weighted by atomic mass is 16.5. The normalized spacial score (nSPS) is 35.2. The summed E-state index contributed by atoms with van der Waals surface area (Å²) in [7, 11) is 0. The number of hydrogen-bond acceptors (Lipinski definition) is 3. The molecule has 0 saturated heterocycles. The zero-order chi connectivity index (χ0) is 16.2. The second kappa shape index (κ2) is 5.19. The maximum absolute atomic E-state index is 12.3. The van der Waals surface area contributed by atoms with Crippen LogP contribution in [0.5, 0.6) is 5.75 Å². The van der Waals surface area contributed by atoms with Crippen molar-refractivity contribution in [1.29, 1.82) is 0 Å². The van der Waals surface area contributed by atoms with Gasteiger partial charge in [-0.2, -0.15) is 0 Å². The van der Waals surface area contributed by atoms with Gasteiger partial charge < -0.3 is 4.74 Å². The highest BCUT2D eigenvalue weighted by Gasteiger charge is 2.54. The zero-order valence-electron chi connectivity index (χ0n) is 13.9. The molecule has 2 fully saturated rings. The van der Waals surface area contributed by atoms with Crippen LogP contribution < -0.4 is 4.74 Å². The highest BCUT2D eigenvalue weighted by Crippen LogP contribution is 2.59. The molecule has 1 aromatic carbocycles. The summed E-state index contributed by atoms with van der Waals surface area (Å²) < 4.78 is 5.23. The Morgan fingerprint density at radius 2 is 2.04 bits per heavy atom. The van der Waals surface area contributed by atoms with Crippen LogP contribution in [0.4, 0.5) is 0 Å². The van der Waals surface area contributed by atoms with E-state index in [1.165, 1.54) is 18.1 Å². The van der Waals surface area contributed by atoms with E-state index < -0.39 is 0 Å². The molecule has 0 spiro atoms. The second-order valence-electron chi connectivity index (χ2n) is 7.79. The van der Waals surface area contributed by atoms with Gasteiger partial charge >= 0.3 is 5.97 Å². The Morgan fingerprint density at radius 3 is 2.83 bits per heavy atom. The molecule has 0 aliphatic heterocycles. The molecule has 0 bridgehead atoms. The fourth-order valence-corrected chi connectivity index (χ4v) is 5.56. The van der Waals surface area contributed by atoms with E-state index in [2.05, 4.69) is 13.0 Å². The van der Waals surface area contributed by atoms with Crippen LogP contribution in [0.15, 0.2) is 18.2 Å². The van der Waals surface area contributed by atoms with E-state index >= 15 is 0 Å². The summed E-state index contributed by atoms with van der Waals surface area (Å²) in [6.07, 6.45) is 6.20. The molecule has 122 valence electrons. The third-order valence-electron chi connectivity index (χ3n) is 6.67. The average molecular weight is 312 g/mol. The smallest absolute Gasteiger partial charge is 0.308 e. The fraction of sp³-hybridized carbons (Fsp3) is 0.600. The maximum Gasteiger partial charge on any atom is 0.308 e. The van der Waals surface area contributed by atoms with Gasteiger partial charge in [-0.05, 0) is 73.1 Å². The first-order valence-electron chi connectivity index (χ1n) is 8.83. The van der Waals surface area contributed by atoms with Gasteiger partial charge in [0, 0.05) is 18.8 Å². The van der Waals surface area contributed by atoms with Gasteiger partial charge in [0.25, 0.3) is 0 Å². The molecule has 4 rings (SSSR count). The van der Waals surface area contributed by atoms with Crippen molar-refractivity contribution in [2.75, 3.05) is 0 Å². The average Bonchev–Trinajstić information content (AvgIpc) is 2.82. The number of esters is 1. The SMILES string of the molecule is CC(=O)Oc1ccc2c(c1)CC[C@@H]1[C@H]3CCC(=O)[C@]3(C)CC[C@@H]21. The van der Waals surface area contributed by atoms with E-state index in [9.17, 15) is 9.59 Å². The number of aryl methyl sites for hydroxylation is 1. The van der Waals surface area contributed by atoms with Crippen molar-refractivity contribution in [2.45, 2.75) is 58.3 Å². The third kappa shape index (κ3) is 2.24. The zero-order valence-corrected chi connectivity index (χ0v) is 13.9. The van der Waals surface area contributed by atoms with Crippen LogP contribution >= 0.6 is 0 Å². The topological polar surface area (TPSA) is 43.4 Å². The molecule has 0 N–H and O–H groups in total. The molecule has 0 amide bonds. The second-order valence-corrected chi connectivity index (χ2v) is 7.79. The molecule has 4 atom stereocenters. The summed E-state index contributed by atoms with van der Waals surface area (Å²) in [6.45, 7) is 3.65. The number of hydrogen-bond donors (Lipinski definition) is 0. The highest BCUT2D eigenvalue weighted by molar-refractivity contribution is 5.87. The molecule has 0 radical (unpaired) electrons. The van der Waals surface area contributed by atoms with Crippen molar-refractivity contribution in [2.24, 2.45) is 17.3 Å². The van der Waals surface area contributed by atoms with Crippen LogP contribution in [0.1, 0.15) is 63.0 Å². The molecule has 3 aliphatic carbocycles. The first kappa shape index (κ1) is 14.9. The predicted octanol–water partition coefficient (Wildman–Crippen LogP) is 4.04. The lowest BCUT2D eigenvalue weighted by Gasteiger charge is -2.48. The molecule has 1 aromatic rings. The molecule has 3 nitrogen and oxygen atoms in total. The van der Waals surface area contributed by atoms with Gasteiger partial charge in [-0.1, -0.05) is 13.0 Å². The van der Waals surface area contributed by atoms with Crippen molar-refractivity contribution in [1.82, 2.24) is 0 Å². The molecule has 0 unspecified atom stereocenters. The van der Waals surface area contributed by atoms with Crippen molar-refractivity contribution in [3.8, 4) is 5.75 Å². The standard InChI is InChI=1S/C20H24O3/c1-12(21)23-14-4-6-15-13(11-14)3-5-17-16(15)9-10-20(2)18(17)7-8-19(20)22/h4,6,11,16-18H,3,5,7-10H2,1-2H3/t16-,17-,18+,20+/m0/s1. The quantitative estimate of drug-likeness (QED) is 0.580. The minimum Gasteiger partial charge on any atom is -0.427 e. The van der Waals surface area contributed by atoms with E-state index in [4.69, 9.17) is 4.74 Å². The molecular formula is C20H24O3. The van der Waals surface area contributed by atoms with Gasteiger partial charge in [-0.25, -0.2) is 0 Å². The molecule has 0 heterocycles. The first-order valence-corrected chi connectivity index (χ1v) is 8.83. The van der Waals surface area contributed by atoms with Gasteiger partial charge in [-0.3, -0.25) is 9.59 Å². The van der Waals surface area contributed by atoms with Gasteiger partial charge in [0.2, 0.25) is 0 Å². The van der Waals surface area contributed by atoms with E-state index in [0.29, 0.717) is 29.3 Å². The van der Waals surface area contributed by atoms with Gasteiger partial charge in [0.1, 0.15) is 11.5 Å². The molecular weight excluding hydrogens is 288 g/mol. The summed E-state index contributed by atoms with van der Waals surface area (Å²) in [5.74, 6) is 2.68. The minimum absolute atomic E-state index is 0.0592. The summed E-state index contributed by atoms with van der Waals surface area (Å²) in [5.41, 5.74) is 2.70. The van der Waals surface area contributed by atoms with Crippen LogP contribution in [0, 0.1) is 17.3 Å². The van der Waals surface area contributed by atoms with E-state index in [0.717, 1.165) is 38.5 Å². The molecule has 3 heteroatoms. The summed E-state index contributed by atoms with van der Waals surface area (Å²) in [5, 5.41) is 0. The summed E-state index contributed by atoms with van der Waals surface area (Å²) >= 11 is 0. The summed E-state index contributed by atoms with van der Waals surface area (Å²) in [6, 6.07) is 6.13. The minimum atomic E-state index is -0.267. The van der Waals surface area contributed by atoms with E-state index in [1.54, 1.807) is 0 Å². The Bertz CT molecular complexity index is 677. The Morgan fingerprint density at radius 1 is 1.22 bits per heavy atom. The van der Waals surface area contributed by atoms with Crippen LogP contribution in [-0.4, -0.2) is 11.8 Å². The van der Waals surface area contributed by atoms with Crippen molar-refractivity contribution >= 4 is 11.8 Å². The number of benzene rings is 1. The van der Waals surface area contributed by atoms with E-state index in [-0.39, 0.29) is 11.4 Å². The first-order chi connectivity index (χ1) is 11.0. The number of fused-ring (bicyclic) bond motifs is 5. The third-order valence-corrected chi connectivity index (χ3v) is 6.67. The number of rotatable bonds is 1. The number of carbonyl (C=O) groups excluding carboxylic acids is 2. The van der Waals surface area contributed by atoms with E-state index in [1.807, 2.05) is 12.1 Å². The number of ketones is 1. The fourth-order valence-electron chi connectivity index (χ4n) is 5.56. The Kier molecular flexibility index (Phi) is 3.36. The monoisotopic (exact) mass is 312 g/mol. The van der Waals surface area contributed by atoms with Crippen molar-refractivity contribution < 1.29 is 14.3 Å². The van der Waals surface area contributed by atoms with Crippen LogP contribution in [0.3, 0.4) is 0 Å². The Balaban J connectivity index is 1.65. The lowest BCUT2D eigenvalue weighted by molar-refractivity contribution is -0.132. The van der Waals surface area contributed by atoms with Crippen LogP contribution in [0.25, 0.3) is 0 Å². The van der Waals surface area contributed by atoms with Gasteiger partial charge in [0.05, 0.1) is 0 Å². The predicted molar refractivity (Wildman–Crippen MR) is 87.4 cm³/mol. The van der Waals surface area contributed by atoms with Gasteiger partial charge in [0.15, 0.2) is 0 Å². The van der Waals surface area contributed by atoms with Crippen molar-refractivity contribution in [3.63, 3.8) is 0 Å². The Hall–Kier alpha value is -1.64.